The van der Waals surface area contributed by atoms with Crippen molar-refractivity contribution in [1.82, 2.24) is 20.4 Å². The molecule has 0 spiro atoms. The van der Waals surface area contributed by atoms with Gasteiger partial charge < -0.3 is 15.4 Å². The van der Waals surface area contributed by atoms with Crippen LogP contribution in [-0.4, -0.2) is 28.3 Å². The minimum atomic E-state index is 0.370. The largest absolute Gasteiger partial charge is 0.372 e. The minimum Gasteiger partial charge on any atom is -0.372 e. The van der Waals surface area contributed by atoms with Crippen LogP contribution in [-0.2, 0) is 37.3 Å². The predicted molar refractivity (Wildman–Crippen MR) is 111 cm³/mol. The number of rotatable bonds is 5. The highest BCUT2D eigenvalue weighted by Crippen LogP contribution is 2.22. The molecule has 28 heavy (non-hydrogen) atoms. The van der Waals surface area contributed by atoms with Gasteiger partial charge in [-0.25, -0.2) is 4.99 Å². The molecular formula is C22H31N5O. The second kappa shape index (κ2) is 8.35. The first kappa shape index (κ1) is 19.0. The second-order valence-corrected chi connectivity index (χ2v) is 8.05. The molecule has 2 aromatic rings. The Morgan fingerprint density at radius 3 is 2.96 bits per heavy atom. The normalized spacial score (nSPS) is 18.9. The third-order valence-corrected chi connectivity index (χ3v) is 5.52. The maximum atomic E-state index is 5.51. The van der Waals surface area contributed by atoms with E-state index in [0.717, 1.165) is 45.0 Å². The van der Waals surface area contributed by atoms with Crippen LogP contribution in [0.2, 0.25) is 0 Å². The Hall–Kier alpha value is -2.34. The van der Waals surface area contributed by atoms with Crippen LogP contribution >= 0.6 is 0 Å². The number of guanidine groups is 1. The molecule has 6 heteroatoms. The highest BCUT2D eigenvalue weighted by atomic mass is 16.5. The van der Waals surface area contributed by atoms with E-state index in [1.54, 1.807) is 0 Å². The van der Waals surface area contributed by atoms with Gasteiger partial charge in [0.05, 0.1) is 25.5 Å². The molecular weight excluding hydrogens is 350 g/mol. The second-order valence-electron chi connectivity index (χ2n) is 8.05. The highest BCUT2D eigenvalue weighted by molar-refractivity contribution is 5.80. The third-order valence-electron chi connectivity index (χ3n) is 5.52. The number of aliphatic imine (C=N–C) groups is 1. The van der Waals surface area contributed by atoms with Gasteiger partial charge >= 0.3 is 0 Å². The first-order valence-electron chi connectivity index (χ1n) is 10.4. The van der Waals surface area contributed by atoms with Gasteiger partial charge in [0, 0.05) is 31.2 Å². The molecule has 1 aliphatic carbocycles. The number of aryl methyl sites for hydroxylation is 1. The van der Waals surface area contributed by atoms with Crippen molar-refractivity contribution < 1.29 is 4.74 Å². The average Bonchev–Trinajstić information content (AvgIpc) is 3.32. The lowest BCUT2D eigenvalue weighted by Gasteiger charge is -2.24. The summed E-state index contributed by atoms with van der Waals surface area (Å²) in [4.78, 5) is 4.82. The maximum Gasteiger partial charge on any atom is 0.191 e. The highest BCUT2D eigenvalue weighted by Gasteiger charge is 2.23. The maximum absolute atomic E-state index is 5.51. The molecule has 0 saturated heterocycles. The van der Waals surface area contributed by atoms with Crippen molar-refractivity contribution in [2.45, 2.75) is 71.9 Å². The van der Waals surface area contributed by atoms with E-state index in [-0.39, 0.29) is 0 Å². The first-order chi connectivity index (χ1) is 13.6. The van der Waals surface area contributed by atoms with Crippen molar-refractivity contribution >= 4 is 5.96 Å². The lowest BCUT2D eigenvalue weighted by Crippen LogP contribution is -2.45. The molecule has 2 N–H and O–H groups in total. The number of hydrogen-bond acceptors (Lipinski definition) is 3. The Morgan fingerprint density at radius 1 is 1.29 bits per heavy atom. The fourth-order valence-corrected chi connectivity index (χ4v) is 3.91. The molecule has 4 rings (SSSR count). The quantitative estimate of drug-likeness (QED) is 0.617. The topological polar surface area (TPSA) is 63.5 Å². The summed E-state index contributed by atoms with van der Waals surface area (Å²) >= 11 is 0. The predicted octanol–water partition coefficient (Wildman–Crippen LogP) is 3.11. The lowest BCUT2D eigenvalue weighted by molar-refractivity contribution is 0.134. The molecule has 0 amide bonds. The van der Waals surface area contributed by atoms with Crippen LogP contribution in [0.4, 0.5) is 0 Å². The fraction of sp³-hybridized carbons (Fsp3) is 0.545. The van der Waals surface area contributed by atoms with Gasteiger partial charge in [0.2, 0.25) is 0 Å². The molecule has 1 unspecified atom stereocenters. The van der Waals surface area contributed by atoms with E-state index in [1.165, 1.54) is 27.9 Å². The van der Waals surface area contributed by atoms with E-state index in [0.29, 0.717) is 18.6 Å². The van der Waals surface area contributed by atoms with Gasteiger partial charge in [-0.05, 0) is 55.9 Å². The molecule has 0 radical (unpaired) electrons. The molecule has 0 bridgehead atoms. The third kappa shape index (κ3) is 4.22. The monoisotopic (exact) mass is 381 g/mol. The Kier molecular flexibility index (Phi) is 5.67. The zero-order valence-electron chi connectivity index (χ0n) is 17.2. The molecule has 1 aromatic heterocycles. The van der Waals surface area contributed by atoms with E-state index >= 15 is 0 Å². The van der Waals surface area contributed by atoms with E-state index in [4.69, 9.17) is 14.8 Å². The van der Waals surface area contributed by atoms with Crippen molar-refractivity contribution in [1.29, 1.82) is 0 Å². The molecule has 150 valence electrons. The van der Waals surface area contributed by atoms with Gasteiger partial charge in [-0.1, -0.05) is 18.2 Å². The van der Waals surface area contributed by atoms with Crippen LogP contribution in [0.25, 0.3) is 0 Å². The average molecular weight is 382 g/mol. The summed E-state index contributed by atoms with van der Waals surface area (Å²) in [6.45, 7) is 9.43. The molecule has 1 atom stereocenters. The fourth-order valence-electron chi connectivity index (χ4n) is 3.91. The smallest absolute Gasteiger partial charge is 0.191 e. The van der Waals surface area contributed by atoms with Gasteiger partial charge in [-0.15, -0.1) is 0 Å². The van der Waals surface area contributed by atoms with Gasteiger partial charge in [-0.2, -0.15) is 5.10 Å². The summed E-state index contributed by atoms with van der Waals surface area (Å²) < 4.78 is 7.60. The van der Waals surface area contributed by atoms with Crippen molar-refractivity contribution in [3.63, 3.8) is 0 Å². The van der Waals surface area contributed by atoms with Gasteiger partial charge in [0.15, 0.2) is 5.96 Å². The van der Waals surface area contributed by atoms with Crippen LogP contribution in [0.15, 0.2) is 29.4 Å². The van der Waals surface area contributed by atoms with Gasteiger partial charge in [0.25, 0.3) is 0 Å². The Labute approximate surface area is 167 Å². The van der Waals surface area contributed by atoms with Crippen LogP contribution in [0.1, 0.15) is 61.2 Å². The summed E-state index contributed by atoms with van der Waals surface area (Å²) in [5.41, 5.74) is 6.45. The number of hydrogen-bond donors (Lipinski definition) is 2. The summed E-state index contributed by atoms with van der Waals surface area (Å²) in [7, 11) is 0. The van der Waals surface area contributed by atoms with Crippen molar-refractivity contribution in [3.05, 3.63) is 52.3 Å². The van der Waals surface area contributed by atoms with E-state index in [9.17, 15) is 0 Å². The van der Waals surface area contributed by atoms with Crippen molar-refractivity contribution in [2.24, 2.45) is 4.99 Å². The molecule has 0 fully saturated rings. The van der Waals surface area contributed by atoms with E-state index in [1.807, 2.05) is 0 Å². The standard InChI is InChI=1S/C22H31N5O/c1-4-23-22(24-11-16-5-6-18-13-28-14-19(18)9-16)25-20-8-7-17-12-27(15(2)3)26-21(17)10-20/h5-6,9,12,15,20H,4,7-8,10-11,13-14H2,1-3H3,(H2,23,24,25). The number of aromatic nitrogens is 2. The SMILES string of the molecule is CCNC(=NCc1ccc2c(c1)COC2)NC1CCc2cn(C(C)C)nc2C1. The minimum absolute atomic E-state index is 0.370. The summed E-state index contributed by atoms with van der Waals surface area (Å²) in [5, 5.41) is 11.8. The summed E-state index contributed by atoms with van der Waals surface area (Å²) in [6, 6.07) is 7.33. The summed E-state index contributed by atoms with van der Waals surface area (Å²) in [5.74, 6) is 0.885. The Balaban J connectivity index is 1.41. The zero-order valence-corrected chi connectivity index (χ0v) is 17.2. The van der Waals surface area contributed by atoms with Crippen molar-refractivity contribution in [2.75, 3.05) is 6.54 Å². The van der Waals surface area contributed by atoms with Crippen LogP contribution < -0.4 is 10.6 Å². The Bertz CT molecular complexity index is 855. The molecule has 6 nitrogen and oxygen atoms in total. The number of nitrogens with one attached hydrogen (secondary N) is 2. The van der Waals surface area contributed by atoms with Gasteiger partial charge in [-0.3, -0.25) is 4.68 Å². The zero-order chi connectivity index (χ0) is 19.5. The number of benzene rings is 1. The molecule has 1 aliphatic heterocycles. The van der Waals surface area contributed by atoms with Crippen LogP contribution in [0.5, 0.6) is 0 Å². The first-order valence-corrected chi connectivity index (χ1v) is 10.4. The lowest BCUT2D eigenvalue weighted by atomic mass is 9.94. The number of nitrogens with zero attached hydrogens (tertiary/aromatic N) is 3. The van der Waals surface area contributed by atoms with E-state index in [2.05, 4.69) is 60.5 Å². The summed E-state index contributed by atoms with van der Waals surface area (Å²) in [6.07, 6.45) is 5.35. The molecule has 2 aliphatic rings. The molecule has 2 heterocycles. The van der Waals surface area contributed by atoms with Crippen LogP contribution in [0.3, 0.4) is 0 Å². The molecule has 1 aromatic carbocycles. The van der Waals surface area contributed by atoms with Gasteiger partial charge in [0.1, 0.15) is 0 Å². The van der Waals surface area contributed by atoms with E-state index < -0.39 is 0 Å². The number of fused-ring (bicyclic) bond motifs is 2. The van der Waals surface area contributed by atoms with Crippen LogP contribution in [0, 0.1) is 0 Å². The number of ether oxygens (including phenoxy) is 1. The van der Waals surface area contributed by atoms with Crippen molar-refractivity contribution in [3.8, 4) is 0 Å². The Morgan fingerprint density at radius 2 is 2.14 bits per heavy atom. The molecule has 0 saturated carbocycles.